The number of methoxy groups -OCH3 is 1. The van der Waals surface area contributed by atoms with Crippen LogP contribution in [0.1, 0.15) is 38.6 Å². The number of likely N-dealkylation sites (tertiary alicyclic amines) is 1. The Bertz CT molecular complexity index is 1360. The SMILES string of the molecule is COC(=O)N[C@H](C(=O)N1CCCC1c1ncc(-c2cn3cc(-c4ccc(Cl)cc4)sc3n2)[nH]1)C(C)C. The zero-order chi connectivity index (χ0) is 25.4. The monoisotopic (exact) mass is 526 g/mol. The maximum absolute atomic E-state index is 13.3. The average Bonchev–Trinajstić information content (AvgIpc) is 3.64. The molecule has 188 valence electrons. The molecule has 1 saturated heterocycles. The smallest absolute Gasteiger partial charge is 0.407 e. The summed E-state index contributed by atoms with van der Waals surface area (Å²) in [5, 5.41) is 3.38. The predicted octanol–water partition coefficient (Wildman–Crippen LogP) is 5.15. The van der Waals surface area contributed by atoms with Crippen molar-refractivity contribution in [1.82, 2.24) is 29.6 Å². The molecular formula is C25H27ClN6O3S. The van der Waals surface area contributed by atoms with Gasteiger partial charge in [0.2, 0.25) is 5.91 Å². The number of amides is 2. The van der Waals surface area contributed by atoms with Gasteiger partial charge in [-0.15, -0.1) is 0 Å². The number of H-pyrrole nitrogens is 1. The molecule has 36 heavy (non-hydrogen) atoms. The highest BCUT2D eigenvalue weighted by Gasteiger charge is 2.37. The van der Waals surface area contributed by atoms with Gasteiger partial charge in [-0.3, -0.25) is 9.20 Å². The van der Waals surface area contributed by atoms with Crippen molar-refractivity contribution in [1.29, 1.82) is 0 Å². The van der Waals surface area contributed by atoms with Crippen LogP contribution >= 0.6 is 22.9 Å². The molecule has 0 saturated carbocycles. The molecular weight excluding hydrogens is 500 g/mol. The minimum atomic E-state index is -0.665. The number of alkyl carbamates (subject to hydrolysis) is 1. The normalized spacial score (nSPS) is 16.6. The van der Waals surface area contributed by atoms with Gasteiger partial charge in [-0.1, -0.05) is 48.9 Å². The lowest BCUT2D eigenvalue weighted by Crippen LogP contribution is -2.51. The number of halogens is 1. The number of benzene rings is 1. The number of carbonyl (C=O) groups is 2. The fourth-order valence-electron chi connectivity index (χ4n) is 4.50. The molecule has 1 unspecified atom stereocenters. The van der Waals surface area contributed by atoms with E-state index in [0.717, 1.165) is 45.5 Å². The van der Waals surface area contributed by atoms with E-state index in [1.54, 1.807) is 22.4 Å². The number of ether oxygens (including phenoxy) is 1. The lowest BCUT2D eigenvalue weighted by atomic mass is 10.0. The zero-order valence-electron chi connectivity index (χ0n) is 20.2. The van der Waals surface area contributed by atoms with Crippen molar-refractivity contribution in [2.45, 2.75) is 38.8 Å². The largest absolute Gasteiger partial charge is 0.453 e. The summed E-state index contributed by atoms with van der Waals surface area (Å²) in [5.41, 5.74) is 2.67. The van der Waals surface area contributed by atoms with Gasteiger partial charge < -0.3 is 19.9 Å². The van der Waals surface area contributed by atoms with Gasteiger partial charge in [0, 0.05) is 24.0 Å². The van der Waals surface area contributed by atoms with Crippen LogP contribution in [0.2, 0.25) is 5.02 Å². The van der Waals surface area contributed by atoms with Gasteiger partial charge >= 0.3 is 6.09 Å². The highest BCUT2D eigenvalue weighted by Crippen LogP contribution is 2.34. The predicted molar refractivity (Wildman–Crippen MR) is 139 cm³/mol. The summed E-state index contributed by atoms with van der Waals surface area (Å²) in [5.74, 6) is 0.504. The van der Waals surface area contributed by atoms with E-state index in [9.17, 15) is 9.59 Å². The van der Waals surface area contributed by atoms with Gasteiger partial charge in [0.25, 0.3) is 0 Å². The van der Waals surface area contributed by atoms with Crippen molar-refractivity contribution in [3.8, 4) is 21.8 Å². The third kappa shape index (κ3) is 4.70. The third-order valence-corrected chi connectivity index (χ3v) is 7.70. The van der Waals surface area contributed by atoms with E-state index in [-0.39, 0.29) is 17.9 Å². The second-order valence-electron chi connectivity index (χ2n) is 9.15. The first-order valence-electron chi connectivity index (χ1n) is 11.8. The number of hydrogen-bond donors (Lipinski definition) is 2. The highest BCUT2D eigenvalue weighted by atomic mass is 35.5. The van der Waals surface area contributed by atoms with Crippen LogP contribution in [-0.4, -0.2) is 55.9 Å². The summed E-state index contributed by atoms with van der Waals surface area (Å²) < 4.78 is 6.71. The molecule has 0 aliphatic carbocycles. The summed E-state index contributed by atoms with van der Waals surface area (Å²) >= 11 is 7.61. The second kappa shape index (κ2) is 9.94. The molecule has 2 atom stereocenters. The number of aromatic amines is 1. The van der Waals surface area contributed by atoms with E-state index in [4.69, 9.17) is 21.3 Å². The van der Waals surface area contributed by atoms with Crippen LogP contribution < -0.4 is 5.32 Å². The summed E-state index contributed by atoms with van der Waals surface area (Å²) in [6, 6.07) is 6.89. The van der Waals surface area contributed by atoms with E-state index in [0.29, 0.717) is 11.6 Å². The Kier molecular flexibility index (Phi) is 6.72. The molecule has 1 fully saturated rings. The number of nitrogens with one attached hydrogen (secondary N) is 2. The standard InChI is InChI=1S/C25H27ClN6O3S/c1-14(2)21(30-25(34)35-3)23(33)32-10-4-5-19(32)22-27-11-17(28-22)18-12-31-13-20(36-24(31)29-18)15-6-8-16(26)9-7-15/h6-9,11-14,19,21H,4-5,10H2,1-3H3,(H,27,28)(H,30,34)/t19?,21-/m0/s1. The van der Waals surface area contributed by atoms with Gasteiger partial charge in [-0.2, -0.15) is 0 Å². The summed E-state index contributed by atoms with van der Waals surface area (Å²) in [7, 11) is 1.29. The Hall–Kier alpha value is -3.37. The lowest BCUT2D eigenvalue weighted by Gasteiger charge is -2.29. The quantitative estimate of drug-likeness (QED) is 0.361. The van der Waals surface area contributed by atoms with Gasteiger partial charge in [0.05, 0.1) is 29.9 Å². The molecule has 4 aromatic rings. The zero-order valence-corrected chi connectivity index (χ0v) is 21.8. The van der Waals surface area contributed by atoms with Crippen molar-refractivity contribution < 1.29 is 14.3 Å². The Morgan fingerprint density at radius 3 is 2.72 bits per heavy atom. The number of imidazole rings is 2. The first-order chi connectivity index (χ1) is 17.3. The van der Waals surface area contributed by atoms with Crippen LogP contribution in [0.5, 0.6) is 0 Å². The number of rotatable bonds is 6. The highest BCUT2D eigenvalue weighted by molar-refractivity contribution is 7.20. The lowest BCUT2D eigenvalue weighted by molar-refractivity contribution is -0.135. The molecule has 1 aliphatic heterocycles. The Morgan fingerprint density at radius 2 is 2.03 bits per heavy atom. The summed E-state index contributed by atoms with van der Waals surface area (Å²) in [6.07, 6.45) is 6.82. The number of nitrogens with zero attached hydrogens (tertiary/aromatic N) is 4. The first kappa shape index (κ1) is 24.3. The van der Waals surface area contributed by atoms with E-state index < -0.39 is 12.1 Å². The van der Waals surface area contributed by atoms with Crippen molar-refractivity contribution in [2.75, 3.05) is 13.7 Å². The van der Waals surface area contributed by atoms with E-state index in [1.807, 2.05) is 48.7 Å². The van der Waals surface area contributed by atoms with E-state index in [1.165, 1.54) is 7.11 Å². The molecule has 1 aromatic carbocycles. The van der Waals surface area contributed by atoms with Gasteiger partial charge in [-0.05, 0) is 36.5 Å². The number of carbonyl (C=O) groups excluding carboxylic acids is 2. The molecule has 0 radical (unpaired) electrons. The van der Waals surface area contributed by atoms with Crippen LogP contribution in [0.15, 0.2) is 42.9 Å². The fraction of sp³-hybridized carbons (Fsp3) is 0.360. The molecule has 5 rings (SSSR count). The minimum Gasteiger partial charge on any atom is -0.453 e. The number of thiazole rings is 1. The van der Waals surface area contributed by atoms with Crippen molar-refractivity contribution in [3.05, 3.63) is 53.7 Å². The third-order valence-electron chi connectivity index (χ3n) is 6.40. The second-order valence-corrected chi connectivity index (χ2v) is 10.6. The molecule has 4 heterocycles. The number of hydrogen-bond acceptors (Lipinski definition) is 6. The first-order valence-corrected chi connectivity index (χ1v) is 13.0. The van der Waals surface area contributed by atoms with E-state index >= 15 is 0 Å². The molecule has 2 amide bonds. The summed E-state index contributed by atoms with van der Waals surface area (Å²) in [4.78, 5) is 41.7. The van der Waals surface area contributed by atoms with Gasteiger partial charge in [0.1, 0.15) is 17.6 Å². The van der Waals surface area contributed by atoms with Crippen LogP contribution in [0, 0.1) is 5.92 Å². The molecule has 2 N–H and O–H groups in total. The van der Waals surface area contributed by atoms with Crippen LogP contribution in [0.4, 0.5) is 4.79 Å². The molecule has 11 heteroatoms. The van der Waals surface area contributed by atoms with Crippen LogP contribution in [0.3, 0.4) is 0 Å². The fourth-order valence-corrected chi connectivity index (χ4v) is 5.60. The Labute approximate surface area is 217 Å². The van der Waals surface area contributed by atoms with Gasteiger partial charge in [-0.25, -0.2) is 14.8 Å². The van der Waals surface area contributed by atoms with Crippen molar-refractivity contribution in [2.24, 2.45) is 5.92 Å². The Morgan fingerprint density at radius 1 is 1.25 bits per heavy atom. The van der Waals surface area contributed by atoms with Crippen molar-refractivity contribution in [3.63, 3.8) is 0 Å². The van der Waals surface area contributed by atoms with Crippen molar-refractivity contribution >= 4 is 39.9 Å². The molecule has 0 spiro atoms. The maximum Gasteiger partial charge on any atom is 0.407 e. The summed E-state index contributed by atoms with van der Waals surface area (Å²) in [6.45, 7) is 4.41. The van der Waals surface area contributed by atoms with Crippen LogP contribution in [0.25, 0.3) is 26.8 Å². The topological polar surface area (TPSA) is 105 Å². The molecule has 3 aromatic heterocycles. The molecule has 1 aliphatic rings. The Balaban J connectivity index is 1.35. The molecule has 0 bridgehead atoms. The molecule has 9 nitrogen and oxygen atoms in total. The van der Waals surface area contributed by atoms with Crippen LogP contribution in [-0.2, 0) is 9.53 Å². The number of fused-ring (bicyclic) bond motifs is 1. The average molecular weight is 527 g/mol. The number of aromatic nitrogens is 4. The minimum absolute atomic E-state index is 0.0822. The maximum atomic E-state index is 13.3. The van der Waals surface area contributed by atoms with Gasteiger partial charge in [0.15, 0.2) is 4.96 Å². The van der Waals surface area contributed by atoms with E-state index in [2.05, 4.69) is 21.5 Å².